The Hall–Kier alpha value is -2.79. The average molecular weight is 596 g/mol. The Kier molecular flexibility index (Phi) is 14.0. The fraction of sp³-hybridized carbons (Fsp3) is 0.441. The molecule has 0 bridgehead atoms. The van der Waals surface area contributed by atoms with Crippen LogP contribution < -0.4 is 14.2 Å². The van der Waals surface area contributed by atoms with Crippen molar-refractivity contribution in [3.63, 3.8) is 0 Å². The fourth-order valence-electron chi connectivity index (χ4n) is 4.33. The van der Waals surface area contributed by atoms with Crippen LogP contribution in [-0.2, 0) is 0 Å². The fourth-order valence-corrected chi connectivity index (χ4v) is 4.82. The van der Waals surface area contributed by atoms with Crippen molar-refractivity contribution >= 4 is 21.9 Å². The molecule has 4 nitrogen and oxygen atoms in total. The normalized spacial score (nSPS) is 10.8. The maximum Gasteiger partial charge on any atom is 0.343 e. The molecule has 5 heteroatoms. The Morgan fingerprint density at radius 1 is 0.615 bits per heavy atom. The maximum absolute atomic E-state index is 12.7. The van der Waals surface area contributed by atoms with Crippen molar-refractivity contribution in [2.45, 2.75) is 84.5 Å². The van der Waals surface area contributed by atoms with Crippen molar-refractivity contribution in [1.29, 1.82) is 0 Å². The zero-order valence-corrected chi connectivity index (χ0v) is 25.1. The minimum absolute atomic E-state index is 0.401. The monoisotopic (exact) mass is 594 g/mol. The number of benzene rings is 3. The van der Waals surface area contributed by atoms with Crippen molar-refractivity contribution < 1.29 is 19.0 Å². The van der Waals surface area contributed by atoms with E-state index in [9.17, 15) is 4.79 Å². The summed E-state index contributed by atoms with van der Waals surface area (Å²) in [4.78, 5) is 12.7. The molecule has 0 spiro atoms. The van der Waals surface area contributed by atoms with Crippen molar-refractivity contribution in [2.75, 3.05) is 13.2 Å². The number of halogens is 1. The summed E-state index contributed by atoms with van der Waals surface area (Å²) in [5.41, 5.74) is 2.61. The van der Waals surface area contributed by atoms with E-state index in [0.717, 1.165) is 46.5 Å². The topological polar surface area (TPSA) is 44.8 Å². The minimum Gasteiger partial charge on any atom is -0.494 e. The lowest BCUT2D eigenvalue weighted by molar-refractivity contribution is 0.0734. The third-order valence-corrected chi connectivity index (χ3v) is 7.31. The van der Waals surface area contributed by atoms with Crippen LogP contribution in [0.2, 0.25) is 0 Å². The molecule has 0 saturated heterocycles. The van der Waals surface area contributed by atoms with E-state index in [1.165, 1.54) is 57.8 Å². The molecule has 39 heavy (non-hydrogen) atoms. The van der Waals surface area contributed by atoms with Gasteiger partial charge < -0.3 is 14.2 Å². The molecule has 0 aliphatic heterocycles. The Balaban J connectivity index is 1.44. The Morgan fingerprint density at radius 2 is 1.13 bits per heavy atom. The largest absolute Gasteiger partial charge is 0.494 e. The smallest absolute Gasteiger partial charge is 0.343 e. The van der Waals surface area contributed by atoms with Crippen LogP contribution in [0.3, 0.4) is 0 Å². The molecule has 210 valence electrons. The van der Waals surface area contributed by atoms with Crippen LogP contribution in [0.1, 0.15) is 94.8 Å². The number of rotatable bonds is 18. The molecule has 3 aromatic carbocycles. The van der Waals surface area contributed by atoms with Gasteiger partial charge in [-0.3, -0.25) is 0 Å². The van der Waals surface area contributed by atoms with Gasteiger partial charge >= 0.3 is 5.97 Å². The van der Waals surface area contributed by atoms with Crippen molar-refractivity contribution in [1.82, 2.24) is 0 Å². The second-order valence-corrected chi connectivity index (χ2v) is 10.8. The molecule has 0 saturated carbocycles. The lowest BCUT2D eigenvalue weighted by Gasteiger charge is -2.10. The van der Waals surface area contributed by atoms with E-state index in [2.05, 4.69) is 41.9 Å². The van der Waals surface area contributed by atoms with Gasteiger partial charge in [-0.15, -0.1) is 0 Å². The van der Waals surface area contributed by atoms with Crippen molar-refractivity contribution in [3.05, 3.63) is 76.8 Å². The van der Waals surface area contributed by atoms with E-state index in [0.29, 0.717) is 17.9 Å². The Bertz CT molecular complexity index is 1110. The van der Waals surface area contributed by atoms with Crippen LogP contribution >= 0.6 is 15.9 Å². The predicted octanol–water partition coefficient (Wildman–Crippen LogP) is 10.4. The lowest BCUT2D eigenvalue weighted by atomic mass is 10.1. The molecule has 0 heterocycles. The highest BCUT2D eigenvalue weighted by Crippen LogP contribution is 2.28. The van der Waals surface area contributed by atoms with E-state index in [4.69, 9.17) is 14.2 Å². The van der Waals surface area contributed by atoms with Gasteiger partial charge in [0.25, 0.3) is 0 Å². The first-order chi connectivity index (χ1) is 19.1. The third-order valence-electron chi connectivity index (χ3n) is 6.69. The van der Waals surface area contributed by atoms with Gasteiger partial charge in [0, 0.05) is 0 Å². The van der Waals surface area contributed by atoms with Gasteiger partial charge in [0.2, 0.25) is 0 Å². The van der Waals surface area contributed by atoms with Gasteiger partial charge in [-0.1, -0.05) is 95.9 Å². The SMILES string of the molecule is CCCCCCCCOc1ccc(-c2ccc(OC(=O)c3ccc(OCCCCCCC)c(Br)c3)cc2)cc1. The number of hydrogen-bond acceptors (Lipinski definition) is 4. The average Bonchev–Trinajstić information content (AvgIpc) is 2.96. The minimum atomic E-state index is -0.401. The van der Waals surface area contributed by atoms with E-state index in [1.54, 1.807) is 12.1 Å². The van der Waals surface area contributed by atoms with Crippen LogP contribution in [0.5, 0.6) is 17.2 Å². The standard InChI is InChI=1S/C34H43BrO4/c1-3-5-7-9-11-12-24-37-30-19-14-27(15-20-30)28-16-21-31(22-17-28)39-34(36)29-18-23-33(32(35)26-29)38-25-13-10-8-6-4-2/h14-23,26H,3-13,24-25H2,1-2H3. The van der Waals surface area contributed by atoms with E-state index < -0.39 is 5.97 Å². The van der Waals surface area contributed by atoms with Crippen molar-refractivity contribution in [3.8, 4) is 28.4 Å². The molecule has 0 amide bonds. The molecule has 0 unspecified atom stereocenters. The first kappa shape index (κ1) is 30.7. The molecular formula is C34H43BrO4. The molecular weight excluding hydrogens is 552 g/mol. The summed E-state index contributed by atoms with van der Waals surface area (Å²) in [6.07, 6.45) is 13.5. The summed E-state index contributed by atoms with van der Waals surface area (Å²) < 4.78 is 18.1. The van der Waals surface area contributed by atoms with Gasteiger partial charge in [-0.25, -0.2) is 4.79 Å². The molecule has 0 atom stereocenters. The second kappa shape index (κ2) is 17.7. The number of carbonyl (C=O) groups is 1. The van der Waals surface area contributed by atoms with Gasteiger partial charge in [-0.2, -0.15) is 0 Å². The summed E-state index contributed by atoms with van der Waals surface area (Å²) in [6.45, 7) is 5.89. The molecule has 0 radical (unpaired) electrons. The van der Waals surface area contributed by atoms with Crippen molar-refractivity contribution in [2.24, 2.45) is 0 Å². The van der Waals surface area contributed by atoms with Gasteiger partial charge in [0.1, 0.15) is 17.2 Å². The van der Waals surface area contributed by atoms with Gasteiger partial charge in [0.05, 0.1) is 23.2 Å². The molecule has 0 aliphatic rings. The number of ether oxygens (including phenoxy) is 3. The van der Waals surface area contributed by atoms with E-state index >= 15 is 0 Å². The van der Waals surface area contributed by atoms with Crippen LogP contribution in [-0.4, -0.2) is 19.2 Å². The number of hydrogen-bond donors (Lipinski definition) is 0. The van der Waals surface area contributed by atoms with Gasteiger partial charge in [0.15, 0.2) is 0 Å². The Labute approximate surface area is 243 Å². The third kappa shape index (κ3) is 11.1. The molecule has 0 N–H and O–H groups in total. The first-order valence-corrected chi connectivity index (χ1v) is 15.4. The van der Waals surface area contributed by atoms with Crippen LogP contribution in [0, 0.1) is 0 Å². The number of esters is 1. The van der Waals surface area contributed by atoms with Crippen LogP contribution in [0.4, 0.5) is 0 Å². The molecule has 0 fully saturated rings. The zero-order valence-electron chi connectivity index (χ0n) is 23.6. The highest BCUT2D eigenvalue weighted by Gasteiger charge is 2.12. The lowest BCUT2D eigenvalue weighted by Crippen LogP contribution is -2.08. The first-order valence-electron chi connectivity index (χ1n) is 14.6. The highest BCUT2D eigenvalue weighted by atomic mass is 79.9. The maximum atomic E-state index is 12.7. The van der Waals surface area contributed by atoms with E-state index in [-0.39, 0.29) is 0 Å². The van der Waals surface area contributed by atoms with Crippen LogP contribution in [0.25, 0.3) is 11.1 Å². The molecule has 0 aliphatic carbocycles. The molecule has 3 aromatic rings. The summed E-state index contributed by atoms with van der Waals surface area (Å²) in [7, 11) is 0. The second-order valence-electron chi connectivity index (χ2n) is 9.96. The predicted molar refractivity (Wildman–Crippen MR) is 164 cm³/mol. The Morgan fingerprint density at radius 3 is 1.69 bits per heavy atom. The number of carbonyl (C=O) groups excluding carboxylic acids is 1. The molecule has 3 rings (SSSR count). The van der Waals surface area contributed by atoms with Gasteiger partial charge in [-0.05, 0) is 82.4 Å². The summed E-state index contributed by atoms with van der Waals surface area (Å²) in [5, 5.41) is 0. The summed E-state index contributed by atoms with van der Waals surface area (Å²) in [6, 6.07) is 21.0. The number of unbranched alkanes of at least 4 members (excludes halogenated alkanes) is 9. The van der Waals surface area contributed by atoms with Crippen LogP contribution in [0.15, 0.2) is 71.2 Å². The zero-order chi connectivity index (χ0) is 27.7. The highest BCUT2D eigenvalue weighted by molar-refractivity contribution is 9.10. The summed E-state index contributed by atoms with van der Waals surface area (Å²) in [5.74, 6) is 1.74. The summed E-state index contributed by atoms with van der Waals surface area (Å²) >= 11 is 3.52. The van der Waals surface area contributed by atoms with E-state index in [1.807, 2.05) is 42.5 Å². The molecule has 0 aromatic heterocycles. The quantitative estimate of drug-likeness (QED) is 0.0834.